The fourth-order valence-electron chi connectivity index (χ4n) is 2.85. The highest BCUT2D eigenvalue weighted by molar-refractivity contribution is 9.10. The van der Waals surface area contributed by atoms with Gasteiger partial charge in [-0.05, 0) is 77.9 Å². The van der Waals surface area contributed by atoms with Gasteiger partial charge >= 0.3 is 0 Å². The van der Waals surface area contributed by atoms with Crippen LogP contribution in [0.1, 0.15) is 35.2 Å². The molecule has 3 rings (SSSR count). The number of pyridine rings is 1. The molecule has 0 atom stereocenters. The van der Waals surface area contributed by atoms with E-state index in [0.29, 0.717) is 10.6 Å². The summed E-state index contributed by atoms with van der Waals surface area (Å²) < 4.78 is 0.857. The standard InChI is InChI=1S/C19H18BrN3OS/c1-12-6-7-17(15(20)8-12)22-18(24)11-25-19-14(10-21)9-13-4-2-3-5-16(13)23-19/h6-9H,2-5,11H2,1H3,(H,22,24). The molecule has 0 bridgehead atoms. The maximum Gasteiger partial charge on any atom is 0.234 e. The molecule has 0 spiro atoms. The van der Waals surface area contributed by atoms with Crippen LogP contribution in [0.25, 0.3) is 0 Å². The van der Waals surface area contributed by atoms with E-state index in [1.807, 2.05) is 31.2 Å². The van der Waals surface area contributed by atoms with Crippen molar-refractivity contribution in [1.29, 1.82) is 5.26 Å². The number of carbonyl (C=O) groups is 1. The number of thioether (sulfide) groups is 1. The molecular formula is C19H18BrN3OS. The number of hydrogen-bond acceptors (Lipinski definition) is 4. The van der Waals surface area contributed by atoms with Crippen molar-refractivity contribution in [3.63, 3.8) is 0 Å². The Hall–Kier alpha value is -1.84. The van der Waals surface area contributed by atoms with E-state index in [9.17, 15) is 10.1 Å². The molecule has 2 aromatic rings. The Balaban J connectivity index is 1.68. The monoisotopic (exact) mass is 415 g/mol. The van der Waals surface area contributed by atoms with Gasteiger partial charge in [0.2, 0.25) is 5.91 Å². The Bertz CT molecular complexity index is 860. The van der Waals surface area contributed by atoms with Crippen LogP contribution in [-0.2, 0) is 17.6 Å². The number of nitriles is 1. The molecule has 1 aromatic heterocycles. The second-order valence-corrected chi connectivity index (χ2v) is 7.90. The van der Waals surface area contributed by atoms with Gasteiger partial charge in [-0.15, -0.1) is 0 Å². The van der Waals surface area contributed by atoms with Crippen molar-refractivity contribution in [1.82, 2.24) is 4.98 Å². The molecule has 0 saturated heterocycles. The van der Waals surface area contributed by atoms with E-state index in [2.05, 4.69) is 32.3 Å². The zero-order valence-corrected chi connectivity index (χ0v) is 16.3. The van der Waals surface area contributed by atoms with Crippen LogP contribution in [0.15, 0.2) is 33.8 Å². The van der Waals surface area contributed by atoms with Gasteiger partial charge in [0.05, 0.1) is 17.0 Å². The van der Waals surface area contributed by atoms with Crippen LogP contribution in [0.3, 0.4) is 0 Å². The quantitative estimate of drug-likeness (QED) is 0.738. The third kappa shape index (κ3) is 4.42. The van der Waals surface area contributed by atoms with Crippen molar-refractivity contribution in [2.45, 2.75) is 37.6 Å². The normalized spacial score (nSPS) is 13.0. The first-order valence-electron chi connectivity index (χ1n) is 8.18. The molecule has 1 heterocycles. The van der Waals surface area contributed by atoms with Crippen LogP contribution >= 0.6 is 27.7 Å². The van der Waals surface area contributed by atoms with Crippen molar-refractivity contribution < 1.29 is 4.79 Å². The van der Waals surface area contributed by atoms with E-state index in [-0.39, 0.29) is 11.7 Å². The summed E-state index contributed by atoms with van der Waals surface area (Å²) >= 11 is 4.78. The molecule has 0 saturated carbocycles. The number of fused-ring (bicyclic) bond motifs is 1. The average Bonchev–Trinajstić information content (AvgIpc) is 2.61. The number of halogens is 1. The first-order chi connectivity index (χ1) is 12.1. The maximum absolute atomic E-state index is 12.2. The fraction of sp³-hybridized carbons (Fsp3) is 0.316. The van der Waals surface area contributed by atoms with E-state index in [1.54, 1.807) is 0 Å². The lowest BCUT2D eigenvalue weighted by Crippen LogP contribution is -2.15. The second-order valence-electron chi connectivity index (χ2n) is 6.09. The van der Waals surface area contributed by atoms with E-state index in [1.165, 1.54) is 17.3 Å². The Labute approximate surface area is 160 Å². The van der Waals surface area contributed by atoms with Gasteiger partial charge in [-0.2, -0.15) is 5.26 Å². The number of anilines is 1. The minimum absolute atomic E-state index is 0.113. The predicted octanol–water partition coefficient (Wildman–Crippen LogP) is 4.63. The highest BCUT2D eigenvalue weighted by atomic mass is 79.9. The van der Waals surface area contributed by atoms with Gasteiger partial charge in [0.25, 0.3) is 0 Å². The minimum Gasteiger partial charge on any atom is -0.324 e. The van der Waals surface area contributed by atoms with Crippen LogP contribution < -0.4 is 5.32 Å². The summed E-state index contributed by atoms with van der Waals surface area (Å²) in [7, 11) is 0. The lowest BCUT2D eigenvalue weighted by molar-refractivity contribution is -0.113. The highest BCUT2D eigenvalue weighted by Gasteiger charge is 2.16. The van der Waals surface area contributed by atoms with Gasteiger partial charge in [0.1, 0.15) is 11.1 Å². The number of nitrogens with one attached hydrogen (secondary N) is 1. The topological polar surface area (TPSA) is 65.8 Å². The van der Waals surface area contributed by atoms with E-state index in [0.717, 1.165) is 47.1 Å². The van der Waals surface area contributed by atoms with Gasteiger partial charge in [0, 0.05) is 10.2 Å². The van der Waals surface area contributed by atoms with E-state index in [4.69, 9.17) is 0 Å². The van der Waals surface area contributed by atoms with Crippen LogP contribution in [0.5, 0.6) is 0 Å². The molecule has 1 aliphatic rings. The number of nitrogens with zero attached hydrogens (tertiary/aromatic N) is 2. The summed E-state index contributed by atoms with van der Waals surface area (Å²) in [6.07, 6.45) is 4.23. The number of amides is 1. The zero-order chi connectivity index (χ0) is 17.8. The molecule has 1 amide bonds. The molecule has 1 N–H and O–H groups in total. The van der Waals surface area contributed by atoms with Gasteiger partial charge in [-0.3, -0.25) is 4.79 Å². The van der Waals surface area contributed by atoms with E-state index < -0.39 is 0 Å². The second kappa shape index (κ2) is 8.03. The largest absolute Gasteiger partial charge is 0.324 e. The Morgan fingerprint density at radius 1 is 1.36 bits per heavy atom. The summed E-state index contributed by atoms with van der Waals surface area (Å²) in [6, 6.07) is 9.94. The number of aryl methyl sites for hydroxylation is 3. The molecule has 0 radical (unpaired) electrons. The molecule has 128 valence electrons. The fourth-order valence-corrected chi connectivity index (χ4v) is 4.21. The Morgan fingerprint density at radius 3 is 2.92 bits per heavy atom. The summed E-state index contributed by atoms with van der Waals surface area (Å²) in [5, 5.41) is 12.9. The molecule has 1 aliphatic carbocycles. The van der Waals surface area contributed by atoms with Crippen LogP contribution in [0, 0.1) is 18.3 Å². The third-order valence-corrected chi connectivity index (χ3v) is 5.77. The number of aromatic nitrogens is 1. The summed E-state index contributed by atoms with van der Waals surface area (Å²) in [5.74, 6) is 0.110. The Morgan fingerprint density at radius 2 is 2.16 bits per heavy atom. The van der Waals surface area contributed by atoms with Crippen LogP contribution in [0.4, 0.5) is 5.69 Å². The number of hydrogen-bond donors (Lipinski definition) is 1. The zero-order valence-electron chi connectivity index (χ0n) is 13.9. The van der Waals surface area contributed by atoms with Crippen molar-refractivity contribution in [3.8, 4) is 6.07 Å². The first kappa shape index (κ1) is 18.0. The molecule has 0 fully saturated rings. The molecular weight excluding hydrogens is 398 g/mol. The highest BCUT2D eigenvalue weighted by Crippen LogP contribution is 2.28. The number of carbonyl (C=O) groups excluding carboxylic acids is 1. The summed E-state index contributed by atoms with van der Waals surface area (Å²) in [4.78, 5) is 16.9. The molecule has 0 aliphatic heterocycles. The summed E-state index contributed by atoms with van der Waals surface area (Å²) in [5.41, 5.74) is 4.69. The SMILES string of the molecule is Cc1ccc(NC(=O)CSc2nc3c(cc2C#N)CCCC3)c(Br)c1. The first-order valence-corrected chi connectivity index (χ1v) is 9.96. The van der Waals surface area contributed by atoms with Gasteiger partial charge in [0.15, 0.2) is 0 Å². The van der Waals surface area contributed by atoms with E-state index >= 15 is 0 Å². The maximum atomic E-state index is 12.2. The van der Waals surface area contributed by atoms with Gasteiger partial charge in [-0.25, -0.2) is 4.98 Å². The predicted molar refractivity (Wildman–Crippen MR) is 104 cm³/mol. The van der Waals surface area contributed by atoms with Crippen LogP contribution in [0.2, 0.25) is 0 Å². The molecule has 1 aromatic carbocycles. The smallest absolute Gasteiger partial charge is 0.234 e. The molecule has 0 unspecified atom stereocenters. The van der Waals surface area contributed by atoms with Crippen LogP contribution in [-0.4, -0.2) is 16.6 Å². The van der Waals surface area contributed by atoms with Gasteiger partial charge < -0.3 is 5.32 Å². The average molecular weight is 416 g/mol. The number of rotatable bonds is 4. The van der Waals surface area contributed by atoms with Crippen molar-refractivity contribution in [2.24, 2.45) is 0 Å². The number of benzene rings is 1. The third-order valence-electron chi connectivity index (χ3n) is 4.12. The summed E-state index contributed by atoms with van der Waals surface area (Å²) in [6.45, 7) is 2.00. The molecule has 6 heteroatoms. The van der Waals surface area contributed by atoms with Crippen molar-refractivity contribution in [3.05, 3.63) is 51.1 Å². The lowest BCUT2D eigenvalue weighted by Gasteiger charge is -2.16. The van der Waals surface area contributed by atoms with Crippen molar-refractivity contribution >= 4 is 39.3 Å². The van der Waals surface area contributed by atoms with Crippen molar-refractivity contribution in [2.75, 3.05) is 11.1 Å². The molecule has 4 nitrogen and oxygen atoms in total. The molecule has 25 heavy (non-hydrogen) atoms. The van der Waals surface area contributed by atoms with Gasteiger partial charge in [-0.1, -0.05) is 17.8 Å². The minimum atomic E-state index is -0.113. The lowest BCUT2D eigenvalue weighted by atomic mass is 9.95. The Kier molecular flexibility index (Phi) is 5.77.